The van der Waals surface area contributed by atoms with Crippen molar-refractivity contribution in [2.75, 3.05) is 13.2 Å². The summed E-state index contributed by atoms with van der Waals surface area (Å²) in [4.78, 5) is 16.7. The largest absolute Gasteiger partial charge is 0.486 e. The van der Waals surface area contributed by atoms with Gasteiger partial charge in [0.2, 0.25) is 0 Å². The normalized spacial score (nSPS) is 14.5. The molecule has 116 valence electrons. The zero-order valence-electron chi connectivity index (χ0n) is 12.8. The van der Waals surface area contributed by atoms with Crippen LogP contribution in [0.1, 0.15) is 40.5 Å². The molecular weight excluding hydrogens is 284 g/mol. The highest BCUT2D eigenvalue weighted by atomic mass is 16.6. The van der Waals surface area contributed by atoms with E-state index in [4.69, 9.17) is 9.47 Å². The fourth-order valence-electron chi connectivity index (χ4n) is 2.33. The Bertz CT molecular complexity index is 711. The van der Waals surface area contributed by atoms with Crippen LogP contribution in [0.3, 0.4) is 0 Å². The minimum atomic E-state index is -0.287. The molecule has 0 aliphatic carbocycles. The van der Waals surface area contributed by atoms with E-state index in [0.717, 1.165) is 5.56 Å². The van der Waals surface area contributed by atoms with Gasteiger partial charge in [0.05, 0.1) is 6.04 Å². The second kappa shape index (κ2) is 5.67. The fourth-order valence-corrected chi connectivity index (χ4v) is 2.33. The van der Waals surface area contributed by atoms with Crippen molar-refractivity contribution in [3.8, 4) is 11.5 Å². The van der Waals surface area contributed by atoms with E-state index in [2.05, 4.69) is 20.5 Å². The number of H-pyrrole nitrogens is 1. The summed E-state index contributed by atoms with van der Waals surface area (Å²) in [5, 5.41) is 9.72. The van der Waals surface area contributed by atoms with Crippen molar-refractivity contribution in [2.24, 2.45) is 0 Å². The Morgan fingerprint density at radius 3 is 2.59 bits per heavy atom. The van der Waals surface area contributed by atoms with Crippen LogP contribution < -0.4 is 14.8 Å². The predicted molar refractivity (Wildman–Crippen MR) is 79.2 cm³/mol. The average Bonchev–Trinajstić information content (AvgIpc) is 2.93. The minimum Gasteiger partial charge on any atom is -0.486 e. The molecule has 2 heterocycles. The first kappa shape index (κ1) is 14.4. The van der Waals surface area contributed by atoms with E-state index in [9.17, 15) is 4.79 Å². The van der Waals surface area contributed by atoms with Gasteiger partial charge in [-0.15, -0.1) is 0 Å². The molecule has 2 N–H and O–H groups in total. The van der Waals surface area contributed by atoms with E-state index >= 15 is 0 Å². The first-order valence-electron chi connectivity index (χ1n) is 7.14. The average molecular weight is 302 g/mol. The Balaban J connectivity index is 1.80. The minimum absolute atomic E-state index is 0.190. The van der Waals surface area contributed by atoms with Gasteiger partial charge < -0.3 is 14.8 Å². The molecule has 0 saturated heterocycles. The zero-order valence-corrected chi connectivity index (χ0v) is 12.8. The Labute approximate surface area is 128 Å². The van der Waals surface area contributed by atoms with Crippen molar-refractivity contribution in [3.63, 3.8) is 0 Å². The number of amides is 1. The van der Waals surface area contributed by atoms with Gasteiger partial charge in [-0.1, -0.05) is 0 Å². The Morgan fingerprint density at radius 1 is 1.27 bits per heavy atom. The van der Waals surface area contributed by atoms with Crippen molar-refractivity contribution >= 4 is 5.91 Å². The molecular formula is C15H18N4O3. The number of hydrogen-bond donors (Lipinski definition) is 2. The highest BCUT2D eigenvalue weighted by Crippen LogP contribution is 2.33. The first-order valence-corrected chi connectivity index (χ1v) is 7.14. The zero-order chi connectivity index (χ0) is 15.7. The number of nitrogens with zero attached hydrogens (tertiary/aromatic N) is 2. The van der Waals surface area contributed by atoms with Crippen molar-refractivity contribution in [1.82, 2.24) is 20.5 Å². The lowest BCUT2D eigenvalue weighted by Gasteiger charge is -2.20. The molecule has 7 nitrogen and oxygen atoms in total. The first-order chi connectivity index (χ1) is 10.5. The number of aromatic nitrogens is 3. The lowest BCUT2D eigenvalue weighted by Crippen LogP contribution is -2.28. The number of nitrogens with one attached hydrogen (secondary N) is 2. The van der Waals surface area contributed by atoms with E-state index in [1.807, 2.05) is 26.8 Å². The molecule has 7 heteroatoms. The van der Waals surface area contributed by atoms with E-state index in [1.165, 1.54) is 0 Å². The smallest absolute Gasteiger partial charge is 0.252 e. The van der Waals surface area contributed by atoms with Gasteiger partial charge in [0.15, 0.2) is 17.3 Å². The van der Waals surface area contributed by atoms with Crippen LogP contribution in [0.25, 0.3) is 0 Å². The maximum absolute atomic E-state index is 12.5. The molecule has 1 aromatic carbocycles. The molecule has 1 amide bonds. The van der Waals surface area contributed by atoms with Crippen LogP contribution in [0, 0.1) is 13.8 Å². The third-order valence-corrected chi connectivity index (χ3v) is 3.48. The molecule has 1 aliphatic heterocycles. The number of benzene rings is 1. The summed E-state index contributed by atoms with van der Waals surface area (Å²) in [6.45, 7) is 6.54. The van der Waals surface area contributed by atoms with Gasteiger partial charge >= 0.3 is 0 Å². The van der Waals surface area contributed by atoms with Gasteiger partial charge in [-0.3, -0.25) is 9.89 Å². The molecule has 2 aromatic rings. The number of rotatable bonds is 3. The molecule has 0 bridgehead atoms. The molecule has 1 aliphatic rings. The van der Waals surface area contributed by atoms with Crippen molar-refractivity contribution in [2.45, 2.75) is 26.8 Å². The van der Waals surface area contributed by atoms with Crippen LogP contribution in [0.2, 0.25) is 0 Å². The quantitative estimate of drug-likeness (QED) is 0.900. The van der Waals surface area contributed by atoms with Gasteiger partial charge in [0.1, 0.15) is 19.0 Å². The SMILES string of the molecule is Cc1nc([C@H](C)NC(=O)c2cc3c(cc2C)OCCO3)n[nH]1. The van der Waals surface area contributed by atoms with Crippen LogP contribution >= 0.6 is 0 Å². The lowest BCUT2D eigenvalue weighted by atomic mass is 10.1. The number of aryl methyl sites for hydroxylation is 2. The summed E-state index contributed by atoms with van der Waals surface area (Å²) in [6.07, 6.45) is 0. The number of carbonyl (C=O) groups excluding carboxylic acids is 1. The third kappa shape index (κ3) is 2.74. The Kier molecular flexibility index (Phi) is 3.70. The number of aromatic amines is 1. The molecule has 0 spiro atoms. The summed E-state index contributed by atoms with van der Waals surface area (Å²) in [5.74, 6) is 2.36. The number of fused-ring (bicyclic) bond motifs is 1. The van der Waals surface area contributed by atoms with Crippen LogP contribution in [0.4, 0.5) is 0 Å². The van der Waals surface area contributed by atoms with Gasteiger partial charge in [-0.05, 0) is 38.5 Å². The fraction of sp³-hybridized carbons (Fsp3) is 0.400. The van der Waals surface area contributed by atoms with Crippen LogP contribution in [-0.2, 0) is 0 Å². The van der Waals surface area contributed by atoms with Crippen molar-refractivity contribution < 1.29 is 14.3 Å². The molecule has 0 unspecified atom stereocenters. The maximum Gasteiger partial charge on any atom is 0.252 e. The lowest BCUT2D eigenvalue weighted by molar-refractivity contribution is 0.0936. The summed E-state index contributed by atoms with van der Waals surface area (Å²) < 4.78 is 11.0. The Hall–Kier alpha value is -2.57. The highest BCUT2D eigenvalue weighted by molar-refractivity contribution is 5.96. The van der Waals surface area contributed by atoms with E-state index in [0.29, 0.717) is 41.9 Å². The summed E-state index contributed by atoms with van der Waals surface area (Å²) >= 11 is 0. The van der Waals surface area contributed by atoms with Gasteiger partial charge in [-0.25, -0.2) is 4.98 Å². The molecule has 22 heavy (non-hydrogen) atoms. The number of ether oxygens (including phenoxy) is 2. The maximum atomic E-state index is 12.5. The highest BCUT2D eigenvalue weighted by Gasteiger charge is 2.20. The van der Waals surface area contributed by atoms with Crippen molar-refractivity contribution in [3.05, 3.63) is 34.9 Å². The molecule has 1 atom stereocenters. The standard InChI is InChI=1S/C15H18N4O3/c1-8-6-12-13(22-5-4-21-12)7-11(8)15(20)16-9(2)14-17-10(3)18-19-14/h6-7,9H,4-5H2,1-3H3,(H,16,20)(H,17,18,19)/t9-/m0/s1. The second-order valence-electron chi connectivity index (χ2n) is 5.28. The van der Waals surface area contributed by atoms with E-state index < -0.39 is 0 Å². The Morgan fingerprint density at radius 2 is 1.95 bits per heavy atom. The summed E-state index contributed by atoms with van der Waals surface area (Å²) in [7, 11) is 0. The van der Waals surface area contributed by atoms with Gasteiger partial charge in [-0.2, -0.15) is 5.10 Å². The summed E-state index contributed by atoms with van der Waals surface area (Å²) in [5.41, 5.74) is 1.39. The topological polar surface area (TPSA) is 89.1 Å². The third-order valence-electron chi connectivity index (χ3n) is 3.48. The predicted octanol–water partition coefficient (Wildman–Crippen LogP) is 1.68. The molecule has 0 saturated carbocycles. The van der Waals surface area contributed by atoms with Gasteiger partial charge in [0.25, 0.3) is 5.91 Å². The van der Waals surface area contributed by atoms with Crippen LogP contribution in [-0.4, -0.2) is 34.3 Å². The molecule has 0 radical (unpaired) electrons. The van der Waals surface area contributed by atoms with Gasteiger partial charge in [0, 0.05) is 5.56 Å². The number of hydrogen-bond acceptors (Lipinski definition) is 5. The second-order valence-corrected chi connectivity index (χ2v) is 5.28. The summed E-state index contributed by atoms with van der Waals surface area (Å²) in [6, 6.07) is 3.25. The number of carbonyl (C=O) groups is 1. The van der Waals surface area contributed by atoms with E-state index in [-0.39, 0.29) is 11.9 Å². The van der Waals surface area contributed by atoms with E-state index in [1.54, 1.807) is 6.07 Å². The van der Waals surface area contributed by atoms with Crippen LogP contribution in [0.5, 0.6) is 11.5 Å². The molecule has 3 rings (SSSR count). The molecule has 1 aromatic heterocycles. The monoisotopic (exact) mass is 302 g/mol. The van der Waals surface area contributed by atoms with Crippen LogP contribution in [0.15, 0.2) is 12.1 Å². The molecule has 0 fully saturated rings. The van der Waals surface area contributed by atoms with Crippen molar-refractivity contribution in [1.29, 1.82) is 0 Å².